The van der Waals surface area contributed by atoms with Crippen molar-refractivity contribution in [3.63, 3.8) is 0 Å². The number of rotatable bonds is 3. The molecule has 5 heteroatoms. The molecule has 5 rings (SSSR count). The average Bonchev–Trinajstić information content (AvgIpc) is 2.84. The Balaban J connectivity index is 1.57. The lowest BCUT2D eigenvalue weighted by molar-refractivity contribution is -0.284. The zero-order valence-corrected chi connectivity index (χ0v) is 26.2. The Hall–Kier alpha value is -1.39. The van der Waals surface area contributed by atoms with E-state index in [-0.39, 0.29) is 56.5 Å². The van der Waals surface area contributed by atoms with Crippen molar-refractivity contribution >= 4 is 17.7 Å². The van der Waals surface area contributed by atoms with E-state index in [0.29, 0.717) is 30.1 Å². The number of hydrogen-bond donors (Lipinski definition) is 0. The lowest BCUT2D eigenvalue weighted by Gasteiger charge is -2.75. The molecule has 0 saturated heterocycles. The molecular weight excluding hydrogens is 488 g/mol. The Labute approximate surface area is 236 Å². The van der Waals surface area contributed by atoms with Crippen LogP contribution in [0, 0.1) is 56.2 Å². The molecular formula is C34H54O5. The highest BCUT2D eigenvalue weighted by Crippen LogP contribution is 2.78. The molecule has 0 N–H and O–H groups in total. The highest BCUT2D eigenvalue weighted by atomic mass is 16.5. The smallest absolute Gasteiger partial charge is 0.302 e. The molecule has 0 bridgehead atoms. The summed E-state index contributed by atoms with van der Waals surface area (Å²) in [4.78, 5) is 37.2. The Bertz CT molecular complexity index is 1050. The van der Waals surface area contributed by atoms with Crippen LogP contribution in [0.5, 0.6) is 0 Å². The van der Waals surface area contributed by atoms with Crippen LogP contribution in [0.3, 0.4) is 0 Å². The molecule has 5 aliphatic rings. The van der Waals surface area contributed by atoms with E-state index in [1.54, 1.807) is 6.92 Å². The van der Waals surface area contributed by atoms with E-state index < -0.39 is 0 Å². The fourth-order valence-electron chi connectivity index (χ4n) is 11.9. The quantitative estimate of drug-likeness (QED) is 0.345. The summed E-state index contributed by atoms with van der Waals surface area (Å²) in [5.74, 6) is 1.69. The number of carbonyl (C=O) groups excluding carboxylic acids is 3. The Morgan fingerprint density at radius 2 is 1.41 bits per heavy atom. The SMILES string of the molecule is CC(=O)OC[C@@]1(C)CC[C@@]2(C)[C@@H](C1)[C@]1(C)CC[C@@]3(C)[C@@H]4CCC(=O)[C@H](C)[C@@]4(C)CC[C@@H]3[C@@]1(C)C[C@H]2OC(C)=O. The Morgan fingerprint density at radius 3 is 2.05 bits per heavy atom. The molecule has 0 heterocycles. The van der Waals surface area contributed by atoms with Gasteiger partial charge in [0.25, 0.3) is 0 Å². The van der Waals surface area contributed by atoms with E-state index >= 15 is 0 Å². The molecule has 220 valence electrons. The fraction of sp³-hybridized carbons (Fsp3) is 0.912. The van der Waals surface area contributed by atoms with E-state index in [4.69, 9.17) is 9.47 Å². The molecule has 0 aromatic heterocycles. The van der Waals surface area contributed by atoms with Gasteiger partial charge in [0.15, 0.2) is 0 Å². The topological polar surface area (TPSA) is 69.7 Å². The van der Waals surface area contributed by atoms with E-state index in [0.717, 1.165) is 51.4 Å². The summed E-state index contributed by atoms with van der Waals surface area (Å²) in [6.45, 7) is 20.5. The number of carbonyl (C=O) groups is 3. The second-order valence-electron chi connectivity index (χ2n) is 16.4. The van der Waals surface area contributed by atoms with Gasteiger partial charge in [-0.2, -0.15) is 0 Å². The molecule has 11 atom stereocenters. The molecule has 5 fully saturated rings. The number of ketones is 1. The van der Waals surface area contributed by atoms with Crippen molar-refractivity contribution in [2.45, 2.75) is 133 Å². The third-order valence-corrected chi connectivity index (χ3v) is 14.6. The summed E-state index contributed by atoms with van der Waals surface area (Å²) < 4.78 is 11.9. The van der Waals surface area contributed by atoms with Crippen LogP contribution in [0.2, 0.25) is 0 Å². The zero-order chi connectivity index (χ0) is 28.8. The maximum atomic E-state index is 12.9. The molecule has 5 aliphatic carbocycles. The lowest BCUT2D eigenvalue weighted by Crippen LogP contribution is -2.70. The summed E-state index contributed by atoms with van der Waals surface area (Å²) in [6, 6.07) is 0. The Kier molecular flexibility index (Phi) is 6.76. The first-order valence-corrected chi connectivity index (χ1v) is 15.8. The molecule has 0 unspecified atom stereocenters. The van der Waals surface area contributed by atoms with Gasteiger partial charge < -0.3 is 9.47 Å². The fourth-order valence-corrected chi connectivity index (χ4v) is 11.9. The minimum Gasteiger partial charge on any atom is -0.465 e. The van der Waals surface area contributed by atoms with Crippen LogP contribution in [0.4, 0.5) is 0 Å². The number of Topliss-reactive ketones (excluding diaryl/α,β-unsaturated/α-hetero) is 1. The van der Waals surface area contributed by atoms with Crippen LogP contribution >= 0.6 is 0 Å². The third kappa shape index (κ3) is 4.01. The van der Waals surface area contributed by atoms with Gasteiger partial charge in [-0.15, -0.1) is 0 Å². The first-order valence-electron chi connectivity index (χ1n) is 15.8. The molecule has 0 radical (unpaired) electrons. The van der Waals surface area contributed by atoms with Gasteiger partial charge >= 0.3 is 11.9 Å². The molecule has 39 heavy (non-hydrogen) atoms. The average molecular weight is 543 g/mol. The van der Waals surface area contributed by atoms with Crippen molar-refractivity contribution in [1.29, 1.82) is 0 Å². The zero-order valence-electron chi connectivity index (χ0n) is 26.2. The number of esters is 2. The maximum Gasteiger partial charge on any atom is 0.302 e. The predicted molar refractivity (Wildman–Crippen MR) is 152 cm³/mol. The van der Waals surface area contributed by atoms with Crippen LogP contribution in [-0.4, -0.2) is 30.4 Å². The molecule has 0 spiro atoms. The Morgan fingerprint density at radius 1 is 0.744 bits per heavy atom. The highest BCUT2D eigenvalue weighted by molar-refractivity contribution is 5.82. The second kappa shape index (κ2) is 9.05. The number of fused-ring (bicyclic) bond motifs is 7. The molecule has 0 aliphatic heterocycles. The van der Waals surface area contributed by atoms with Crippen LogP contribution in [0.1, 0.15) is 127 Å². The van der Waals surface area contributed by atoms with Gasteiger partial charge in [0, 0.05) is 37.0 Å². The highest BCUT2D eigenvalue weighted by Gasteiger charge is 2.73. The lowest BCUT2D eigenvalue weighted by atomic mass is 9.29. The van der Waals surface area contributed by atoms with Crippen LogP contribution < -0.4 is 0 Å². The summed E-state index contributed by atoms with van der Waals surface area (Å²) in [6.07, 6.45) is 10.2. The second-order valence-corrected chi connectivity index (χ2v) is 16.4. The molecule has 0 aromatic rings. The third-order valence-electron chi connectivity index (χ3n) is 14.6. The van der Waals surface area contributed by atoms with E-state index in [1.807, 2.05) is 0 Å². The van der Waals surface area contributed by atoms with Crippen LogP contribution in [-0.2, 0) is 23.9 Å². The van der Waals surface area contributed by atoms with Crippen molar-refractivity contribution in [3.05, 3.63) is 0 Å². The predicted octanol–water partition coefficient (Wildman–Crippen LogP) is 7.54. The van der Waals surface area contributed by atoms with Gasteiger partial charge in [0.05, 0.1) is 6.61 Å². The summed E-state index contributed by atoms with van der Waals surface area (Å²) in [5.41, 5.74) is 0.235. The normalized spacial score (nSPS) is 52.9. The monoisotopic (exact) mass is 542 g/mol. The number of hydrogen-bond acceptors (Lipinski definition) is 5. The molecule has 0 aromatic carbocycles. The van der Waals surface area contributed by atoms with E-state index in [1.165, 1.54) is 19.8 Å². The maximum absolute atomic E-state index is 12.9. The van der Waals surface area contributed by atoms with E-state index in [9.17, 15) is 14.4 Å². The van der Waals surface area contributed by atoms with Crippen molar-refractivity contribution in [1.82, 2.24) is 0 Å². The standard InChI is InChI=1S/C34H54O5/c1-21-24(37)10-11-25-30(21,5)13-12-26-31(25,6)16-17-33(8)27-18-29(4,20-38-22(2)35)14-15-32(27,7)28(39-23(3)36)19-34(26,33)9/h21,25-28H,10-20H2,1-9H3/t21-,25+,26-,27+,28+,29-,30+,31-,32-,33-,34+/m0/s1. The first kappa shape index (κ1) is 29.1. The van der Waals surface area contributed by atoms with Gasteiger partial charge in [-0.25, -0.2) is 0 Å². The summed E-state index contributed by atoms with van der Waals surface area (Å²) in [7, 11) is 0. The molecule has 0 amide bonds. The van der Waals surface area contributed by atoms with Gasteiger partial charge in [0.1, 0.15) is 11.9 Å². The summed E-state index contributed by atoms with van der Waals surface area (Å²) >= 11 is 0. The van der Waals surface area contributed by atoms with Crippen LogP contribution in [0.15, 0.2) is 0 Å². The van der Waals surface area contributed by atoms with Crippen LogP contribution in [0.25, 0.3) is 0 Å². The number of ether oxygens (including phenoxy) is 2. The van der Waals surface area contributed by atoms with Crippen molar-refractivity contribution in [3.8, 4) is 0 Å². The van der Waals surface area contributed by atoms with E-state index in [2.05, 4.69) is 48.5 Å². The minimum absolute atomic E-state index is 0.0238. The van der Waals surface area contributed by atoms with Gasteiger partial charge in [0.2, 0.25) is 0 Å². The molecule has 5 saturated carbocycles. The summed E-state index contributed by atoms with van der Waals surface area (Å²) in [5, 5.41) is 0. The minimum atomic E-state index is -0.207. The van der Waals surface area contributed by atoms with Crippen molar-refractivity contribution in [2.75, 3.05) is 6.61 Å². The molecule has 5 nitrogen and oxygen atoms in total. The van der Waals surface area contributed by atoms with Gasteiger partial charge in [-0.1, -0.05) is 48.5 Å². The van der Waals surface area contributed by atoms with Gasteiger partial charge in [-0.05, 0) is 97.2 Å². The van der Waals surface area contributed by atoms with Gasteiger partial charge in [-0.3, -0.25) is 14.4 Å². The van der Waals surface area contributed by atoms with Crippen molar-refractivity contribution < 1.29 is 23.9 Å². The largest absolute Gasteiger partial charge is 0.465 e. The first-order chi connectivity index (χ1) is 18.0. The van der Waals surface area contributed by atoms with Crippen molar-refractivity contribution in [2.24, 2.45) is 56.2 Å².